The monoisotopic (exact) mass is 1870 g/mol. The van der Waals surface area contributed by atoms with Crippen LogP contribution in [0.15, 0.2) is 457 Å². The molecule has 0 fully saturated rings. The molecule has 6 aliphatic rings. The summed E-state index contributed by atoms with van der Waals surface area (Å²) < 4.78 is 22.7. The van der Waals surface area contributed by atoms with Gasteiger partial charge >= 0.3 is 0 Å². The van der Waals surface area contributed by atoms with Crippen molar-refractivity contribution in [3.05, 3.63) is 533 Å². The zero-order valence-electron chi connectivity index (χ0n) is 78.9. The fraction of sp³-hybridized carbons (Fsp3) is 0.0451. The van der Waals surface area contributed by atoms with Crippen LogP contribution in [-0.2, 0) is 29.2 Å². The van der Waals surface area contributed by atoms with E-state index in [0.717, 1.165) is 157 Å². The van der Waals surface area contributed by atoms with Gasteiger partial charge in [0.05, 0.1) is 55.7 Å². The minimum absolute atomic E-state index is 0.514. The molecule has 13 heteroatoms. The molecular formula is C133H82N10O3. The van der Waals surface area contributed by atoms with E-state index in [2.05, 4.69) is 374 Å². The number of rotatable bonds is 10. The highest BCUT2D eigenvalue weighted by atomic mass is 16.3. The summed E-state index contributed by atoms with van der Waals surface area (Å²) in [5, 5.41) is 23.1. The second-order valence-electron chi connectivity index (χ2n) is 38.3. The van der Waals surface area contributed by atoms with Gasteiger partial charge in [0.15, 0.2) is 17.5 Å². The van der Waals surface area contributed by atoms with E-state index in [1.807, 2.05) is 85.1 Å². The largest absolute Gasteiger partial charge is 0.464 e. The summed E-state index contributed by atoms with van der Waals surface area (Å²) in [6.07, 6.45) is 5.92. The van der Waals surface area contributed by atoms with Crippen LogP contribution < -0.4 is 5.73 Å². The van der Waals surface area contributed by atoms with Gasteiger partial charge in [0, 0.05) is 68.3 Å². The van der Waals surface area contributed by atoms with Gasteiger partial charge in [0.25, 0.3) is 0 Å². The predicted octanol–water partition coefficient (Wildman–Crippen LogP) is 31.0. The molecule has 682 valence electrons. The van der Waals surface area contributed by atoms with Crippen LogP contribution in [0.25, 0.3) is 201 Å². The lowest BCUT2D eigenvalue weighted by Crippen LogP contribution is -2.26. The number of para-hydroxylation sites is 5. The van der Waals surface area contributed by atoms with Crippen molar-refractivity contribution >= 4 is 55.0 Å². The number of aromatic nitrogens is 7. The lowest BCUT2D eigenvalue weighted by atomic mass is 9.70. The highest BCUT2D eigenvalue weighted by Gasteiger charge is 2.56. The summed E-state index contributed by atoms with van der Waals surface area (Å²) in [5.74, 6) is 3.86. The fourth-order valence-corrected chi connectivity index (χ4v) is 25.3. The summed E-state index contributed by atoms with van der Waals surface area (Å²) in [6.45, 7) is 2.68. The molecule has 31 rings (SSSR count). The van der Waals surface area contributed by atoms with Gasteiger partial charge in [0.2, 0.25) is 0 Å². The first-order valence-corrected chi connectivity index (χ1v) is 49.5. The Kier molecular flexibility index (Phi) is 18.5. The number of fused-ring (bicyclic) bond motifs is 38. The van der Waals surface area contributed by atoms with Crippen LogP contribution in [0.1, 0.15) is 96.2 Å². The molecule has 3 spiro atoms. The van der Waals surface area contributed by atoms with Crippen LogP contribution in [0.4, 0.5) is 0 Å². The molecule has 0 amide bonds. The highest BCUT2D eigenvalue weighted by Crippen LogP contribution is 2.69. The molecular weight excluding hydrogens is 1790 g/mol. The fourth-order valence-electron chi connectivity index (χ4n) is 25.3. The van der Waals surface area contributed by atoms with Crippen LogP contribution in [0, 0.1) is 22.7 Å². The van der Waals surface area contributed by atoms with E-state index in [4.69, 9.17) is 43.9 Å². The normalized spacial score (nSPS) is 14.7. The molecule has 6 heterocycles. The van der Waals surface area contributed by atoms with Gasteiger partial charge in [-0.3, -0.25) is 9.13 Å². The summed E-state index contributed by atoms with van der Waals surface area (Å²) in [7, 11) is 0. The first-order valence-electron chi connectivity index (χ1n) is 49.5. The summed E-state index contributed by atoms with van der Waals surface area (Å²) >= 11 is 0. The van der Waals surface area contributed by atoms with Crippen LogP contribution >= 0.6 is 0 Å². The van der Waals surface area contributed by atoms with Crippen molar-refractivity contribution in [3.63, 3.8) is 0 Å². The first kappa shape index (κ1) is 83.6. The third-order valence-electron chi connectivity index (χ3n) is 31.3. The van der Waals surface area contributed by atoms with Crippen molar-refractivity contribution in [3.8, 4) is 158 Å². The van der Waals surface area contributed by atoms with E-state index in [1.54, 1.807) is 12.5 Å². The van der Waals surface area contributed by atoms with Gasteiger partial charge in [-0.25, -0.2) is 24.9 Å². The van der Waals surface area contributed by atoms with Crippen molar-refractivity contribution in [2.75, 3.05) is 0 Å². The molecule has 0 saturated heterocycles. The SMILES string of the molecule is CCc1nc2ccccc2n1-c1ccc2c(c1)C1(c3ccccc3-2)c2ccccc2-c2c1ccc1occ(C#N)c21.N#Cc1coc2ccc3c(c12)-c1ccc(-c2ccc(-c4nc(-c5ccccc5)nc(-c5ccccc5)n4)cc2)cc1C31c2ccccc2-c2ccccc21.NCc1ccc(-c2coc3ccc4c(c23)-c2ccccc2C42c3ccccc3-c3ccc(-c4nc5ccccc5n4-c4ccccc4)cc32)cc1. The lowest BCUT2D eigenvalue weighted by Gasteiger charge is -2.30. The van der Waals surface area contributed by atoms with E-state index < -0.39 is 16.2 Å². The molecule has 0 bridgehead atoms. The number of aryl methyl sites for hydroxylation is 1. The molecule has 2 atom stereocenters. The molecule has 0 saturated carbocycles. The molecule has 6 aliphatic carbocycles. The number of hydrogen-bond donors (Lipinski definition) is 1. The van der Waals surface area contributed by atoms with Gasteiger partial charge in [-0.1, -0.05) is 353 Å². The number of furan rings is 3. The van der Waals surface area contributed by atoms with Crippen molar-refractivity contribution in [1.82, 2.24) is 34.1 Å². The van der Waals surface area contributed by atoms with Crippen molar-refractivity contribution < 1.29 is 13.3 Å². The average molecular weight is 1870 g/mol. The minimum atomic E-state index is -0.557. The van der Waals surface area contributed by atoms with Crippen LogP contribution in [0.5, 0.6) is 0 Å². The van der Waals surface area contributed by atoms with E-state index in [0.29, 0.717) is 35.1 Å². The van der Waals surface area contributed by atoms with E-state index in [1.165, 1.54) is 111 Å². The maximum absolute atomic E-state index is 10.2. The topological polar surface area (TPSA) is 187 Å². The minimum Gasteiger partial charge on any atom is -0.464 e. The van der Waals surface area contributed by atoms with Gasteiger partial charge in [0.1, 0.15) is 53.1 Å². The molecule has 2 N–H and O–H groups in total. The van der Waals surface area contributed by atoms with Crippen molar-refractivity contribution in [2.24, 2.45) is 5.73 Å². The highest BCUT2D eigenvalue weighted by molar-refractivity contribution is 6.13. The number of benzene rings is 19. The number of nitrogens with zero attached hydrogens (tertiary/aromatic N) is 9. The molecule has 0 aliphatic heterocycles. The summed E-state index contributed by atoms with van der Waals surface area (Å²) in [5.41, 5.74) is 52.9. The van der Waals surface area contributed by atoms with E-state index in [-0.39, 0.29) is 0 Å². The first-order chi connectivity index (χ1) is 72.2. The lowest BCUT2D eigenvalue weighted by molar-refractivity contribution is 0.614. The van der Waals surface area contributed by atoms with Gasteiger partial charge in [-0.05, 0) is 235 Å². The number of nitrogens with two attached hydrogens (primary N) is 1. The summed E-state index contributed by atoms with van der Waals surface area (Å²) in [4.78, 5) is 25.0. The Morgan fingerprint density at radius 3 is 1.12 bits per heavy atom. The molecule has 25 aromatic rings. The third kappa shape index (κ3) is 11.8. The summed E-state index contributed by atoms with van der Waals surface area (Å²) in [6, 6.07) is 156. The van der Waals surface area contributed by atoms with Crippen LogP contribution in [0.2, 0.25) is 0 Å². The zero-order valence-corrected chi connectivity index (χ0v) is 78.9. The van der Waals surface area contributed by atoms with Crippen molar-refractivity contribution in [1.29, 1.82) is 10.5 Å². The van der Waals surface area contributed by atoms with Gasteiger partial charge in [-0.2, -0.15) is 10.5 Å². The molecule has 19 aromatic carbocycles. The number of imidazole rings is 2. The zero-order chi connectivity index (χ0) is 96.8. The Hall–Kier alpha value is -19.3. The maximum atomic E-state index is 10.2. The molecule has 2 unspecified atom stereocenters. The standard InChI is InChI=1S/C49H28N4O.C47H31N3O.C37H23N3O/c50-28-35-29-54-43-26-25-41-45(44(35)43)38-24-23-34(27-42(38)49(41)39-17-9-7-15-36(39)37-16-8-10-18-40(37)49)30-19-21-33(22-20-30)48-52-46(31-11-3-1-4-12-31)51-47(53-48)32-13-5-2-6-14-32;48-27-29-18-20-30(21-19-29)36-28-51-43-25-24-39-44(45(36)43)35-13-5-7-15-38(35)47(39)37-14-6-4-12-33(37)34-23-22-31(26-40(34)47)46-49-41-16-8-9-17-42(41)50(46)32-10-2-1-3-11-32;1-2-34-39-31-13-7-8-14-32(31)40(34)23-15-16-25-24-9-3-5-11-27(24)37(30(25)19-23)28-12-6-4-10-26(28)36-29(37)17-18-33-35(36)22(20-38)21-41-33/h1-27,29H;1-26,28H,27,48H2;3-19,21H,2H2,1H3. The Morgan fingerprint density at radius 1 is 0.267 bits per heavy atom. The number of hydrogen-bond acceptors (Lipinski definition) is 11. The smallest absolute Gasteiger partial charge is 0.164 e. The van der Waals surface area contributed by atoms with E-state index >= 15 is 0 Å². The maximum Gasteiger partial charge on any atom is 0.164 e. The molecule has 0 radical (unpaired) electrons. The quantitative estimate of drug-likeness (QED) is 0.137. The second-order valence-corrected chi connectivity index (χ2v) is 38.3. The van der Waals surface area contributed by atoms with Crippen LogP contribution in [-0.4, -0.2) is 34.1 Å². The van der Waals surface area contributed by atoms with Gasteiger partial charge < -0.3 is 19.0 Å². The average Bonchev–Trinajstić information content (AvgIpc) is 1.51. The Morgan fingerprint density at radius 2 is 0.623 bits per heavy atom. The Labute approximate surface area is 839 Å². The van der Waals surface area contributed by atoms with Crippen LogP contribution in [0.3, 0.4) is 0 Å². The number of nitriles is 2. The molecule has 6 aromatic heterocycles. The predicted molar refractivity (Wildman–Crippen MR) is 579 cm³/mol. The Balaban J connectivity index is 0.000000105. The second kappa shape index (κ2) is 32.4. The Bertz CT molecular complexity index is 9800. The van der Waals surface area contributed by atoms with Crippen molar-refractivity contribution in [2.45, 2.75) is 36.1 Å². The molecule has 13 nitrogen and oxygen atoms in total. The van der Waals surface area contributed by atoms with Gasteiger partial charge in [-0.15, -0.1) is 0 Å². The molecule has 146 heavy (non-hydrogen) atoms. The third-order valence-corrected chi connectivity index (χ3v) is 31.3. The van der Waals surface area contributed by atoms with E-state index in [9.17, 15) is 10.5 Å².